The van der Waals surface area contributed by atoms with Gasteiger partial charge < -0.3 is 14.0 Å². The zero-order valence-electron chi connectivity index (χ0n) is 15.2. The normalized spacial score (nSPS) is 23.6. The maximum atomic E-state index is 13.4. The number of halogens is 1. The van der Waals surface area contributed by atoms with Crippen molar-refractivity contribution in [2.24, 2.45) is 0 Å². The van der Waals surface area contributed by atoms with E-state index in [0.29, 0.717) is 18.1 Å². The zero-order chi connectivity index (χ0) is 18.4. The number of rotatable bonds is 2. The smallest absolute Gasteiger partial charge is 0.194 e. The summed E-state index contributed by atoms with van der Waals surface area (Å²) in [7, 11) is 0. The summed E-state index contributed by atoms with van der Waals surface area (Å²) >= 11 is 0. The molecule has 140 valence electrons. The van der Waals surface area contributed by atoms with Crippen molar-refractivity contribution in [3.63, 3.8) is 0 Å². The van der Waals surface area contributed by atoms with E-state index in [9.17, 15) is 4.39 Å². The molecule has 1 unspecified atom stereocenters. The van der Waals surface area contributed by atoms with Crippen LogP contribution in [0.2, 0.25) is 0 Å². The Labute approximate surface area is 156 Å². The molecule has 6 heteroatoms. The van der Waals surface area contributed by atoms with Crippen LogP contribution in [-0.2, 0) is 0 Å². The second kappa shape index (κ2) is 6.23. The number of para-hydroxylation sites is 2. The van der Waals surface area contributed by atoms with Crippen LogP contribution in [0.3, 0.4) is 0 Å². The van der Waals surface area contributed by atoms with E-state index < -0.39 is 5.72 Å². The van der Waals surface area contributed by atoms with Gasteiger partial charge in [-0.15, -0.1) is 0 Å². The lowest BCUT2D eigenvalue weighted by Gasteiger charge is -2.46. The quantitative estimate of drug-likeness (QED) is 0.674. The molecule has 0 amide bonds. The molecule has 0 radical (unpaired) electrons. The third-order valence-electron chi connectivity index (χ3n) is 5.69. The third-order valence-corrected chi connectivity index (χ3v) is 5.69. The number of hydrogen-bond acceptors (Lipinski definition) is 5. The average Bonchev–Trinajstić information content (AvgIpc) is 3.11. The third kappa shape index (κ3) is 2.84. The standard InChI is InChI=1S/C21H21FN2O3/c1-21(13-25-17-4-2-3-5-18(17)26-21)24-10-8-14(9-11-24)20-16-7-6-15(22)12-19(16)27-23-20/h2-7,12,14H,8-11,13H2,1H3. The lowest BCUT2D eigenvalue weighted by molar-refractivity contribution is -0.122. The highest BCUT2D eigenvalue weighted by Gasteiger charge is 2.41. The van der Waals surface area contributed by atoms with Gasteiger partial charge in [-0.25, -0.2) is 4.39 Å². The molecular weight excluding hydrogens is 347 g/mol. The number of fused-ring (bicyclic) bond motifs is 2. The topological polar surface area (TPSA) is 47.7 Å². The largest absolute Gasteiger partial charge is 0.484 e. The van der Waals surface area contributed by atoms with E-state index in [1.54, 1.807) is 6.07 Å². The highest BCUT2D eigenvalue weighted by atomic mass is 19.1. The molecule has 3 heterocycles. The molecule has 2 aliphatic heterocycles. The molecule has 2 aromatic carbocycles. The molecule has 5 rings (SSSR count). The van der Waals surface area contributed by atoms with Crippen molar-refractivity contribution >= 4 is 11.0 Å². The fourth-order valence-electron chi connectivity index (χ4n) is 4.14. The second-order valence-electron chi connectivity index (χ2n) is 7.48. The number of nitrogens with zero attached hydrogens (tertiary/aromatic N) is 2. The molecule has 1 aromatic heterocycles. The highest BCUT2D eigenvalue weighted by molar-refractivity contribution is 5.79. The van der Waals surface area contributed by atoms with E-state index in [4.69, 9.17) is 14.0 Å². The minimum absolute atomic E-state index is 0.299. The van der Waals surface area contributed by atoms with Gasteiger partial charge in [0, 0.05) is 30.5 Å². The number of likely N-dealkylation sites (tertiary alicyclic amines) is 1. The van der Waals surface area contributed by atoms with E-state index in [-0.39, 0.29) is 5.82 Å². The molecule has 0 N–H and O–H groups in total. The van der Waals surface area contributed by atoms with Crippen molar-refractivity contribution < 1.29 is 18.4 Å². The Hall–Kier alpha value is -2.60. The summed E-state index contributed by atoms with van der Waals surface area (Å²) in [5, 5.41) is 5.14. The molecule has 0 aliphatic carbocycles. The van der Waals surface area contributed by atoms with Gasteiger partial charge >= 0.3 is 0 Å². The summed E-state index contributed by atoms with van der Waals surface area (Å²) in [5.74, 6) is 1.58. The molecule has 3 aromatic rings. The summed E-state index contributed by atoms with van der Waals surface area (Å²) in [6.45, 7) is 4.34. The summed E-state index contributed by atoms with van der Waals surface area (Å²) in [5.41, 5.74) is 0.968. The fraction of sp³-hybridized carbons (Fsp3) is 0.381. The van der Waals surface area contributed by atoms with Crippen LogP contribution in [0.5, 0.6) is 11.5 Å². The van der Waals surface area contributed by atoms with Crippen LogP contribution in [-0.4, -0.2) is 35.5 Å². The first-order valence-corrected chi connectivity index (χ1v) is 9.33. The van der Waals surface area contributed by atoms with Crippen LogP contribution >= 0.6 is 0 Å². The summed E-state index contributed by atoms with van der Waals surface area (Å²) in [6, 6.07) is 12.4. The molecule has 1 fully saturated rings. The maximum absolute atomic E-state index is 13.4. The van der Waals surface area contributed by atoms with Gasteiger partial charge in [-0.2, -0.15) is 0 Å². The molecule has 0 saturated carbocycles. The Bertz CT molecular complexity index is 980. The first-order valence-electron chi connectivity index (χ1n) is 9.33. The predicted molar refractivity (Wildman–Crippen MR) is 98.5 cm³/mol. The minimum atomic E-state index is -0.478. The molecule has 1 atom stereocenters. The summed E-state index contributed by atoms with van der Waals surface area (Å²) in [4.78, 5) is 2.33. The number of ether oxygens (including phenoxy) is 2. The van der Waals surface area contributed by atoms with Gasteiger partial charge in [-0.05, 0) is 44.0 Å². The van der Waals surface area contributed by atoms with Crippen LogP contribution in [0.4, 0.5) is 4.39 Å². The fourth-order valence-corrected chi connectivity index (χ4v) is 4.14. The predicted octanol–water partition coefficient (Wildman–Crippen LogP) is 4.33. The number of aromatic nitrogens is 1. The molecule has 5 nitrogen and oxygen atoms in total. The van der Waals surface area contributed by atoms with Gasteiger partial charge in [0.05, 0.1) is 5.69 Å². The number of benzene rings is 2. The van der Waals surface area contributed by atoms with Gasteiger partial charge in [0.2, 0.25) is 0 Å². The highest BCUT2D eigenvalue weighted by Crippen LogP contribution is 2.39. The number of piperidine rings is 1. The Morgan fingerprint density at radius 2 is 1.89 bits per heavy atom. The lowest BCUT2D eigenvalue weighted by Crippen LogP contribution is -2.58. The van der Waals surface area contributed by atoms with Crippen molar-refractivity contribution in [1.29, 1.82) is 0 Å². The number of hydrogen-bond donors (Lipinski definition) is 0. The summed E-state index contributed by atoms with van der Waals surface area (Å²) < 4.78 is 30.9. The van der Waals surface area contributed by atoms with Crippen molar-refractivity contribution in [1.82, 2.24) is 10.1 Å². The minimum Gasteiger partial charge on any atom is -0.484 e. The Morgan fingerprint density at radius 1 is 1.11 bits per heavy atom. The molecule has 0 spiro atoms. The van der Waals surface area contributed by atoms with Gasteiger partial charge in [-0.3, -0.25) is 4.90 Å². The van der Waals surface area contributed by atoms with Crippen molar-refractivity contribution in [3.8, 4) is 11.5 Å². The second-order valence-corrected chi connectivity index (χ2v) is 7.48. The van der Waals surface area contributed by atoms with Crippen LogP contribution in [0.25, 0.3) is 11.0 Å². The van der Waals surface area contributed by atoms with E-state index in [0.717, 1.165) is 48.5 Å². The maximum Gasteiger partial charge on any atom is 0.194 e. The Kier molecular flexibility index (Phi) is 3.82. The van der Waals surface area contributed by atoms with Crippen molar-refractivity contribution in [2.45, 2.75) is 31.4 Å². The van der Waals surface area contributed by atoms with Crippen LogP contribution < -0.4 is 9.47 Å². The molecule has 27 heavy (non-hydrogen) atoms. The van der Waals surface area contributed by atoms with Gasteiger partial charge in [0.1, 0.15) is 12.4 Å². The molecule has 1 saturated heterocycles. The average molecular weight is 368 g/mol. The molecule has 0 bridgehead atoms. The van der Waals surface area contributed by atoms with E-state index >= 15 is 0 Å². The monoisotopic (exact) mass is 368 g/mol. The van der Waals surface area contributed by atoms with E-state index in [2.05, 4.69) is 17.0 Å². The zero-order valence-corrected chi connectivity index (χ0v) is 15.2. The SMILES string of the molecule is CC1(N2CCC(c3noc4cc(F)ccc34)CC2)COc2ccccc2O1. The van der Waals surface area contributed by atoms with Crippen molar-refractivity contribution in [3.05, 3.63) is 54.0 Å². The Morgan fingerprint density at radius 3 is 2.70 bits per heavy atom. The van der Waals surface area contributed by atoms with Gasteiger partial charge in [-0.1, -0.05) is 17.3 Å². The first-order chi connectivity index (χ1) is 13.1. The summed E-state index contributed by atoms with van der Waals surface area (Å²) in [6.07, 6.45) is 1.89. The van der Waals surface area contributed by atoms with Gasteiger partial charge in [0.15, 0.2) is 22.8 Å². The van der Waals surface area contributed by atoms with Crippen LogP contribution in [0.15, 0.2) is 47.0 Å². The van der Waals surface area contributed by atoms with Crippen LogP contribution in [0.1, 0.15) is 31.4 Å². The Balaban J connectivity index is 1.31. The van der Waals surface area contributed by atoms with Crippen molar-refractivity contribution in [2.75, 3.05) is 19.7 Å². The van der Waals surface area contributed by atoms with E-state index in [1.807, 2.05) is 24.3 Å². The van der Waals surface area contributed by atoms with E-state index in [1.165, 1.54) is 12.1 Å². The van der Waals surface area contributed by atoms with Gasteiger partial charge in [0.25, 0.3) is 0 Å². The lowest BCUT2D eigenvalue weighted by atomic mass is 9.90. The molecule has 2 aliphatic rings. The first kappa shape index (κ1) is 16.6. The molecular formula is C21H21FN2O3. The van der Waals surface area contributed by atoms with Crippen LogP contribution in [0, 0.1) is 5.82 Å².